The number of hydrogen-bond acceptors (Lipinski definition) is 6. The van der Waals surface area contributed by atoms with Crippen molar-refractivity contribution < 1.29 is 19.0 Å². The van der Waals surface area contributed by atoms with Gasteiger partial charge in [0.2, 0.25) is 0 Å². The second kappa shape index (κ2) is 5.45. The number of carbonyl (C=O) groups is 1. The Labute approximate surface area is 105 Å². The maximum absolute atomic E-state index is 10.8. The van der Waals surface area contributed by atoms with E-state index < -0.39 is 18.7 Å². The van der Waals surface area contributed by atoms with Crippen molar-refractivity contribution in [1.82, 2.24) is 0 Å². The third-order valence-corrected chi connectivity index (χ3v) is 2.48. The summed E-state index contributed by atoms with van der Waals surface area (Å²) in [7, 11) is 0. The molecule has 18 heavy (non-hydrogen) atoms. The van der Waals surface area contributed by atoms with Gasteiger partial charge in [-0.15, -0.1) is 0 Å². The van der Waals surface area contributed by atoms with E-state index in [2.05, 4.69) is 0 Å². The monoisotopic (exact) mass is 252 g/mol. The topological polar surface area (TPSA) is 96.8 Å². The summed E-state index contributed by atoms with van der Waals surface area (Å²) in [6.07, 6.45) is -1.00. The van der Waals surface area contributed by atoms with Crippen LogP contribution >= 0.6 is 0 Å². The highest BCUT2D eigenvalue weighted by Crippen LogP contribution is 2.27. The summed E-state index contributed by atoms with van der Waals surface area (Å²) >= 11 is 0. The Morgan fingerprint density at radius 3 is 2.28 bits per heavy atom. The van der Waals surface area contributed by atoms with E-state index in [1.807, 2.05) is 0 Å². The van der Waals surface area contributed by atoms with Crippen LogP contribution in [0.5, 0.6) is 5.75 Å². The van der Waals surface area contributed by atoms with E-state index in [1.165, 1.54) is 6.92 Å². The highest BCUT2D eigenvalue weighted by atomic mass is 16.7. The molecule has 1 aliphatic rings. The van der Waals surface area contributed by atoms with Crippen LogP contribution in [0.15, 0.2) is 24.3 Å². The van der Waals surface area contributed by atoms with E-state index in [4.69, 9.17) is 25.7 Å². The lowest BCUT2D eigenvalue weighted by Crippen LogP contribution is -2.42. The number of rotatable bonds is 2. The first-order chi connectivity index (χ1) is 8.54. The smallest absolute Gasteiger partial charge is 0.308 e. The molecule has 1 aliphatic heterocycles. The lowest BCUT2D eigenvalue weighted by atomic mass is 10.2. The van der Waals surface area contributed by atoms with Gasteiger partial charge in [-0.1, -0.05) is 12.1 Å². The van der Waals surface area contributed by atoms with Crippen molar-refractivity contribution in [3.8, 4) is 5.75 Å². The predicted molar refractivity (Wildman–Crippen MR) is 63.2 cm³/mol. The van der Waals surface area contributed by atoms with Gasteiger partial charge in [0.05, 0.1) is 0 Å². The van der Waals surface area contributed by atoms with Crippen molar-refractivity contribution in [2.24, 2.45) is 11.5 Å². The van der Waals surface area contributed by atoms with Crippen LogP contribution in [-0.4, -0.2) is 18.4 Å². The van der Waals surface area contributed by atoms with Crippen molar-refractivity contribution in [2.75, 3.05) is 0 Å². The molecule has 0 bridgehead atoms. The predicted octanol–water partition coefficient (Wildman–Crippen LogP) is 0.617. The average molecular weight is 252 g/mol. The maximum atomic E-state index is 10.8. The average Bonchev–Trinajstić information content (AvgIpc) is 2.27. The molecule has 1 aromatic carbocycles. The maximum Gasteiger partial charge on any atom is 0.308 e. The summed E-state index contributed by atoms with van der Waals surface area (Å²) in [4.78, 5) is 10.8. The fourth-order valence-corrected chi connectivity index (χ4v) is 1.71. The number of ether oxygens (including phenoxy) is 3. The van der Waals surface area contributed by atoms with Gasteiger partial charge in [-0.05, 0) is 12.1 Å². The Hall–Kier alpha value is -1.47. The number of hydrogen-bond donors (Lipinski definition) is 2. The lowest BCUT2D eigenvalue weighted by Gasteiger charge is -2.32. The standard InChI is InChI=1S/C12H16N2O4/c1-7(15)16-9-4-2-8(3-5-9)12-17-10(13)6-11(14)18-12/h2-5,10-12H,6,13-14H2,1H3. The third-order valence-electron chi connectivity index (χ3n) is 2.48. The van der Waals surface area contributed by atoms with E-state index >= 15 is 0 Å². The molecule has 6 nitrogen and oxygen atoms in total. The molecule has 1 saturated heterocycles. The molecule has 1 heterocycles. The zero-order chi connectivity index (χ0) is 13.1. The summed E-state index contributed by atoms with van der Waals surface area (Å²) in [6.45, 7) is 1.35. The molecule has 1 aromatic rings. The molecular formula is C12H16N2O4. The van der Waals surface area contributed by atoms with E-state index in [-0.39, 0.29) is 5.97 Å². The van der Waals surface area contributed by atoms with Crippen LogP contribution in [0.3, 0.4) is 0 Å². The minimum absolute atomic E-state index is 0.364. The SMILES string of the molecule is CC(=O)Oc1ccc(C2OC(N)CC(N)O2)cc1. The van der Waals surface area contributed by atoms with E-state index in [0.717, 1.165) is 5.56 Å². The first-order valence-electron chi connectivity index (χ1n) is 5.65. The van der Waals surface area contributed by atoms with Gasteiger partial charge >= 0.3 is 5.97 Å². The molecule has 98 valence electrons. The van der Waals surface area contributed by atoms with Crippen molar-refractivity contribution in [2.45, 2.75) is 32.1 Å². The van der Waals surface area contributed by atoms with Crippen molar-refractivity contribution in [3.05, 3.63) is 29.8 Å². The first kappa shape index (κ1) is 13.0. The highest BCUT2D eigenvalue weighted by Gasteiger charge is 2.26. The zero-order valence-electron chi connectivity index (χ0n) is 10.0. The normalized spacial score (nSPS) is 27.8. The minimum Gasteiger partial charge on any atom is -0.427 e. The Balaban J connectivity index is 2.06. The second-order valence-electron chi connectivity index (χ2n) is 4.08. The van der Waals surface area contributed by atoms with Gasteiger partial charge in [-0.2, -0.15) is 0 Å². The summed E-state index contributed by atoms with van der Waals surface area (Å²) in [5, 5.41) is 0. The fraction of sp³-hybridized carbons (Fsp3) is 0.417. The molecular weight excluding hydrogens is 236 g/mol. The third kappa shape index (κ3) is 3.27. The molecule has 0 amide bonds. The van der Waals surface area contributed by atoms with Gasteiger partial charge in [-0.25, -0.2) is 0 Å². The lowest BCUT2D eigenvalue weighted by molar-refractivity contribution is -0.244. The van der Waals surface area contributed by atoms with Gasteiger partial charge in [0.15, 0.2) is 6.29 Å². The van der Waals surface area contributed by atoms with E-state index in [9.17, 15) is 4.79 Å². The summed E-state index contributed by atoms with van der Waals surface area (Å²) in [6, 6.07) is 6.81. The van der Waals surface area contributed by atoms with Crippen molar-refractivity contribution >= 4 is 5.97 Å². The quantitative estimate of drug-likeness (QED) is 0.591. The zero-order valence-corrected chi connectivity index (χ0v) is 10.0. The van der Waals surface area contributed by atoms with Gasteiger partial charge in [-0.3, -0.25) is 4.79 Å². The van der Waals surface area contributed by atoms with Crippen LogP contribution in [-0.2, 0) is 14.3 Å². The molecule has 4 N–H and O–H groups in total. The van der Waals surface area contributed by atoms with E-state index in [1.54, 1.807) is 24.3 Å². The van der Waals surface area contributed by atoms with Crippen LogP contribution in [0, 0.1) is 0 Å². The molecule has 0 aromatic heterocycles. The summed E-state index contributed by atoms with van der Waals surface area (Å²) in [5.41, 5.74) is 12.2. The van der Waals surface area contributed by atoms with E-state index in [0.29, 0.717) is 12.2 Å². The number of carbonyl (C=O) groups excluding carboxylic acids is 1. The number of nitrogens with two attached hydrogens (primary N) is 2. The first-order valence-corrected chi connectivity index (χ1v) is 5.65. The fourth-order valence-electron chi connectivity index (χ4n) is 1.71. The Bertz CT molecular complexity index is 411. The van der Waals surface area contributed by atoms with Crippen LogP contribution < -0.4 is 16.2 Å². The summed E-state index contributed by atoms with van der Waals surface area (Å²) < 4.78 is 15.8. The molecule has 1 fully saturated rings. The van der Waals surface area contributed by atoms with Crippen LogP contribution in [0.4, 0.5) is 0 Å². The number of esters is 1. The van der Waals surface area contributed by atoms with Crippen molar-refractivity contribution in [3.63, 3.8) is 0 Å². The Morgan fingerprint density at radius 1 is 1.22 bits per heavy atom. The highest BCUT2D eigenvalue weighted by molar-refractivity contribution is 5.69. The molecule has 0 saturated carbocycles. The Morgan fingerprint density at radius 2 is 1.78 bits per heavy atom. The van der Waals surface area contributed by atoms with Crippen LogP contribution in [0.25, 0.3) is 0 Å². The molecule has 0 spiro atoms. The molecule has 2 unspecified atom stereocenters. The van der Waals surface area contributed by atoms with Crippen molar-refractivity contribution in [1.29, 1.82) is 0 Å². The Kier molecular flexibility index (Phi) is 3.93. The van der Waals surface area contributed by atoms with Gasteiger partial charge < -0.3 is 25.7 Å². The molecule has 0 radical (unpaired) electrons. The number of benzene rings is 1. The van der Waals surface area contributed by atoms with Gasteiger partial charge in [0, 0.05) is 18.9 Å². The van der Waals surface area contributed by atoms with Crippen LogP contribution in [0.1, 0.15) is 25.2 Å². The molecule has 0 aliphatic carbocycles. The van der Waals surface area contributed by atoms with Gasteiger partial charge in [0.25, 0.3) is 0 Å². The molecule has 2 rings (SSSR count). The largest absolute Gasteiger partial charge is 0.427 e. The summed E-state index contributed by atoms with van der Waals surface area (Å²) in [5.74, 6) is 0.104. The molecule has 6 heteroatoms. The minimum atomic E-state index is -0.588. The van der Waals surface area contributed by atoms with Crippen LogP contribution in [0.2, 0.25) is 0 Å². The second-order valence-corrected chi connectivity index (χ2v) is 4.08. The van der Waals surface area contributed by atoms with Gasteiger partial charge in [0.1, 0.15) is 18.2 Å². The molecule has 2 atom stereocenters.